The van der Waals surface area contributed by atoms with Gasteiger partial charge in [0.25, 0.3) is 5.91 Å². The van der Waals surface area contributed by atoms with E-state index in [1.165, 1.54) is 16.7 Å². The molecule has 0 radical (unpaired) electrons. The van der Waals surface area contributed by atoms with E-state index in [0.717, 1.165) is 21.3 Å². The van der Waals surface area contributed by atoms with Gasteiger partial charge in [0.05, 0.1) is 37.4 Å². The predicted molar refractivity (Wildman–Crippen MR) is 138 cm³/mol. The van der Waals surface area contributed by atoms with Gasteiger partial charge in [-0.15, -0.1) is 0 Å². The van der Waals surface area contributed by atoms with Crippen LogP contribution in [0.15, 0.2) is 35.2 Å². The molecule has 4 nitrogen and oxygen atoms in total. The van der Waals surface area contributed by atoms with Gasteiger partial charge in [0, 0.05) is 0 Å². The SMILES string of the molecule is CCCOc1c(I)cc(/C=C2/SC(=S)N(c3ccc(Cl)c(Cl)c3)C2=O)cc1OCC. The second-order valence-electron chi connectivity index (χ2n) is 6.23. The molecule has 2 aromatic carbocycles. The zero-order valence-electron chi connectivity index (χ0n) is 16.2. The molecule has 1 saturated heterocycles. The monoisotopic (exact) mass is 593 g/mol. The summed E-state index contributed by atoms with van der Waals surface area (Å²) in [4.78, 5) is 15.0. The number of benzene rings is 2. The molecule has 0 N–H and O–H groups in total. The van der Waals surface area contributed by atoms with Crippen molar-refractivity contribution >= 4 is 91.8 Å². The number of thiocarbonyl (C=S) groups is 1. The van der Waals surface area contributed by atoms with Crippen LogP contribution in [-0.2, 0) is 4.79 Å². The highest BCUT2D eigenvalue weighted by molar-refractivity contribution is 14.1. The fraction of sp³-hybridized carbons (Fsp3) is 0.238. The first kappa shape index (κ1) is 23.7. The minimum Gasteiger partial charge on any atom is -0.490 e. The van der Waals surface area contributed by atoms with E-state index in [0.29, 0.717) is 43.9 Å². The van der Waals surface area contributed by atoms with Crippen molar-refractivity contribution in [3.8, 4) is 11.5 Å². The first-order valence-electron chi connectivity index (χ1n) is 9.17. The summed E-state index contributed by atoms with van der Waals surface area (Å²) in [5.74, 6) is 1.17. The number of hydrogen-bond acceptors (Lipinski definition) is 5. The van der Waals surface area contributed by atoms with E-state index >= 15 is 0 Å². The average Bonchev–Trinajstić information content (AvgIpc) is 2.97. The van der Waals surface area contributed by atoms with Crippen molar-refractivity contribution in [2.45, 2.75) is 20.3 Å². The van der Waals surface area contributed by atoms with Gasteiger partial charge in [0.1, 0.15) is 0 Å². The zero-order chi connectivity index (χ0) is 21.8. The molecular formula is C21H18Cl2INO3S2. The van der Waals surface area contributed by atoms with Gasteiger partial charge < -0.3 is 9.47 Å². The summed E-state index contributed by atoms with van der Waals surface area (Å²) in [6.45, 7) is 5.10. The molecule has 0 unspecified atom stereocenters. The minimum atomic E-state index is -0.206. The van der Waals surface area contributed by atoms with Crippen molar-refractivity contribution in [1.29, 1.82) is 0 Å². The van der Waals surface area contributed by atoms with Crippen LogP contribution in [0.4, 0.5) is 5.69 Å². The normalized spacial score (nSPS) is 15.2. The third-order valence-electron chi connectivity index (χ3n) is 4.04. The number of nitrogens with zero attached hydrogens (tertiary/aromatic N) is 1. The predicted octanol–water partition coefficient (Wildman–Crippen LogP) is 7.19. The Bertz CT molecular complexity index is 1030. The van der Waals surface area contributed by atoms with Gasteiger partial charge >= 0.3 is 0 Å². The molecule has 1 aliphatic rings. The van der Waals surface area contributed by atoms with E-state index in [2.05, 4.69) is 29.5 Å². The lowest BCUT2D eigenvalue weighted by Crippen LogP contribution is -2.27. The molecule has 158 valence electrons. The number of ether oxygens (including phenoxy) is 2. The van der Waals surface area contributed by atoms with Crippen LogP contribution in [0.1, 0.15) is 25.8 Å². The standard InChI is InChI=1S/C21H18Cl2INO3S2/c1-3-7-28-19-16(24)8-12(9-17(19)27-4-2)10-18-20(26)25(21(29)30-18)13-5-6-14(22)15(23)11-13/h5-6,8-11H,3-4,7H2,1-2H3/b18-10+. The topological polar surface area (TPSA) is 38.8 Å². The molecule has 0 atom stereocenters. The summed E-state index contributed by atoms with van der Waals surface area (Å²) in [5, 5.41) is 0.788. The fourth-order valence-electron chi connectivity index (χ4n) is 2.74. The molecule has 1 fully saturated rings. The van der Waals surface area contributed by atoms with Crippen molar-refractivity contribution in [2.24, 2.45) is 0 Å². The summed E-state index contributed by atoms with van der Waals surface area (Å²) in [6, 6.07) is 8.83. The molecule has 0 aromatic heterocycles. The van der Waals surface area contributed by atoms with E-state index in [1.54, 1.807) is 18.2 Å². The molecule has 0 spiro atoms. The zero-order valence-corrected chi connectivity index (χ0v) is 21.5. The molecule has 3 rings (SSSR count). The van der Waals surface area contributed by atoms with Crippen LogP contribution in [0, 0.1) is 3.57 Å². The number of rotatable bonds is 7. The summed E-state index contributed by atoms with van der Waals surface area (Å²) < 4.78 is 13.0. The second-order valence-corrected chi connectivity index (χ2v) is 9.88. The lowest BCUT2D eigenvalue weighted by molar-refractivity contribution is -0.113. The van der Waals surface area contributed by atoms with Crippen LogP contribution >= 0.6 is 69.8 Å². The molecular weight excluding hydrogens is 576 g/mol. The number of carbonyl (C=O) groups excluding carboxylic acids is 1. The van der Waals surface area contributed by atoms with Crippen molar-refractivity contribution in [2.75, 3.05) is 18.1 Å². The Morgan fingerprint density at radius 2 is 1.93 bits per heavy atom. The Morgan fingerprint density at radius 1 is 1.17 bits per heavy atom. The first-order valence-corrected chi connectivity index (χ1v) is 12.2. The Hall–Kier alpha value is -1.00. The van der Waals surface area contributed by atoms with Gasteiger partial charge in [-0.2, -0.15) is 0 Å². The maximum atomic E-state index is 13.0. The summed E-state index contributed by atoms with van der Waals surface area (Å²) in [6.07, 6.45) is 2.71. The molecule has 9 heteroatoms. The molecule has 0 bridgehead atoms. The minimum absolute atomic E-state index is 0.206. The third-order valence-corrected chi connectivity index (χ3v) is 6.88. The van der Waals surface area contributed by atoms with Gasteiger partial charge in [-0.25, -0.2) is 0 Å². The number of halogens is 3. The molecule has 0 aliphatic carbocycles. The number of thioether (sulfide) groups is 1. The van der Waals surface area contributed by atoms with Crippen molar-refractivity contribution in [1.82, 2.24) is 0 Å². The lowest BCUT2D eigenvalue weighted by atomic mass is 10.1. The van der Waals surface area contributed by atoms with Crippen molar-refractivity contribution in [3.63, 3.8) is 0 Å². The molecule has 0 saturated carbocycles. The Morgan fingerprint density at radius 3 is 2.60 bits per heavy atom. The number of hydrogen-bond donors (Lipinski definition) is 0. The van der Waals surface area contributed by atoms with Gasteiger partial charge in [0.2, 0.25) is 0 Å². The molecule has 30 heavy (non-hydrogen) atoms. The molecule has 1 aliphatic heterocycles. The van der Waals surface area contributed by atoms with Gasteiger partial charge in [0.15, 0.2) is 15.8 Å². The number of amides is 1. The maximum absolute atomic E-state index is 13.0. The van der Waals surface area contributed by atoms with E-state index < -0.39 is 0 Å². The molecule has 1 amide bonds. The van der Waals surface area contributed by atoms with Crippen LogP contribution in [0.5, 0.6) is 11.5 Å². The highest BCUT2D eigenvalue weighted by atomic mass is 127. The van der Waals surface area contributed by atoms with Crippen molar-refractivity contribution in [3.05, 3.63) is 54.4 Å². The van der Waals surface area contributed by atoms with Crippen LogP contribution in [0.2, 0.25) is 10.0 Å². The quantitative estimate of drug-likeness (QED) is 0.193. The van der Waals surface area contributed by atoms with Crippen molar-refractivity contribution < 1.29 is 14.3 Å². The van der Waals surface area contributed by atoms with Crippen LogP contribution < -0.4 is 14.4 Å². The van der Waals surface area contributed by atoms with Crippen LogP contribution in [-0.4, -0.2) is 23.4 Å². The Kier molecular flexibility index (Phi) is 8.31. The Labute approximate surface area is 209 Å². The second kappa shape index (κ2) is 10.5. The van der Waals surface area contributed by atoms with E-state index in [4.69, 9.17) is 44.9 Å². The fourth-order valence-corrected chi connectivity index (χ4v) is 5.12. The number of anilines is 1. The van der Waals surface area contributed by atoms with Crippen LogP contribution in [0.25, 0.3) is 6.08 Å². The van der Waals surface area contributed by atoms with E-state index in [1.807, 2.05) is 25.1 Å². The van der Waals surface area contributed by atoms with Gasteiger partial charge in [-0.1, -0.05) is 54.1 Å². The highest BCUT2D eigenvalue weighted by Gasteiger charge is 2.33. The lowest BCUT2D eigenvalue weighted by Gasteiger charge is -2.15. The summed E-state index contributed by atoms with van der Waals surface area (Å²) in [7, 11) is 0. The Balaban J connectivity index is 1.94. The third kappa shape index (κ3) is 5.24. The smallest absolute Gasteiger partial charge is 0.270 e. The highest BCUT2D eigenvalue weighted by Crippen LogP contribution is 2.40. The number of carbonyl (C=O) groups is 1. The van der Waals surface area contributed by atoms with Gasteiger partial charge in [-0.05, 0) is 77.9 Å². The van der Waals surface area contributed by atoms with E-state index in [9.17, 15) is 4.79 Å². The van der Waals surface area contributed by atoms with E-state index in [-0.39, 0.29) is 5.91 Å². The van der Waals surface area contributed by atoms with Crippen LogP contribution in [0.3, 0.4) is 0 Å². The summed E-state index contributed by atoms with van der Waals surface area (Å²) >= 11 is 21.0. The summed E-state index contributed by atoms with van der Waals surface area (Å²) in [5.41, 5.74) is 1.42. The largest absolute Gasteiger partial charge is 0.490 e. The maximum Gasteiger partial charge on any atom is 0.270 e. The molecule has 1 heterocycles. The first-order chi connectivity index (χ1) is 14.3. The molecule has 2 aromatic rings. The van der Waals surface area contributed by atoms with Gasteiger partial charge in [-0.3, -0.25) is 9.69 Å². The average molecular weight is 594 g/mol.